The van der Waals surface area contributed by atoms with Gasteiger partial charge in [0.05, 0.1) is 4.90 Å². The Hall–Kier alpha value is -1.40. The summed E-state index contributed by atoms with van der Waals surface area (Å²) >= 11 is 0. The summed E-state index contributed by atoms with van der Waals surface area (Å²) in [6.45, 7) is 5.22. The van der Waals surface area contributed by atoms with E-state index < -0.39 is 10.0 Å². The molecule has 5 nitrogen and oxygen atoms in total. The molecule has 2 unspecified atom stereocenters. The van der Waals surface area contributed by atoms with Crippen LogP contribution in [-0.2, 0) is 10.0 Å². The van der Waals surface area contributed by atoms with Gasteiger partial charge in [0.1, 0.15) is 0 Å². The van der Waals surface area contributed by atoms with E-state index in [-0.39, 0.29) is 10.8 Å². The number of piperidine rings is 1. The summed E-state index contributed by atoms with van der Waals surface area (Å²) in [7, 11) is -2.18. The van der Waals surface area contributed by atoms with Crippen LogP contribution < -0.4 is 4.72 Å². The van der Waals surface area contributed by atoms with Crippen molar-refractivity contribution < 1.29 is 13.2 Å². The number of carbonyl (C=O) groups is 1. The number of likely N-dealkylation sites (tertiary alicyclic amines) is 1. The molecule has 3 rings (SSSR count). The SMILES string of the molecule is CNS(=O)(=O)c1cc(C(=O)N2CCC3CCCCC3C2)cc(C)c1C. The molecule has 0 bridgehead atoms. The molecule has 1 aliphatic heterocycles. The Morgan fingerprint density at radius 2 is 1.80 bits per heavy atom. The Morgan fingerprint density at radius 1 is 1.12 bits per heavy atom. The predicted molar refractivity (Wildman–Crippen MR) is 98.1 cm³/mol. The summed E-state index contributed by atoms with van der Waals surface area (Å²) in [6.07, 6.45) is 6.15. The van der Waals surface area contributed by atoms with Gasteiger partial charge in [-0.15, -0.1) is 0 Å². The Bertz CT molecular complexity index is 773. The van der Waals surface area contributed by atoms with Crippen LogP contribution >= 0.6 is 0 Å². The second-order valence-electron chi connectivity index (χ2n) is 7.47. The third-order valence-electron chi connectivity index (χ3n) is 6.00. The number of amides is 1. The molecule has 138 valence electrons. The van der Waals surface area contributed by atoms with Crippen molar-refractivity contribution in [3.8, 4) is 0 Å². The quantitative estimate of drug-likeness (QED) is 0.897. The molecular weight excluding hydrogens is 336 g/mol. The number of fused-ring (bicyclic) bond motifs is 1. The highest BCUT2D eigenvalue weighted by molar-refractivity contribution is 7.89. The van der Waals surface area contributed by atoms with E-state index in [2.05, 4.69) is 4.72 Å². The largest absolute Gasteiger partial charge is 0.338 e. The zero-order valence-corrected chi connectivity index (χ0v) is 16.2. The lowest BCUT2D eigenvalue weighted by atomic mass is 9.75. The van der Waals surface area contributed by atoms with Crippen LogP contribution in [0.3, 0.4) is 0 Å². The average molecular weight is 365 g/mol. The van der Waals surface area contributed by atoms with Gasteiger partial charge in [0.25, 0.3) is 5.91 Å². The molecule has 0 radical (unpaired) electrons. The standard InChI is InChI=1S/C19H28N2O3S/c1-13-10-17(11-18(14(13)2)25(23,24)20-3)19(22)21-9-8-15-6-4-5-7-16(15)12-21/h10-11,15-16,20H,4-9,12H2,1-3H3. The molecule has 2 atom stereocenters. The smallest absolute Gasteiger partial charge is 0.253 e. The number of benzene rings is 1. The van der Waals surface area contributed by atoms with Crippen molar-refractivity contribution in [2.45, 2.75) is 50.8 Å². The third kappa shape index (κ3) is 3.60. The second kappa shape index (κ2) is 7.08. The Balaban J connectivity index is 1.87. The lowest BCUT2D eigenvalue weighted by Gasteiger charge is -2.41. The highest BCUT2D eigenvalue weighted by atomic mass is 32.2. The molecule has 2 aliphatic rings. The molecule has 1 N–H and O–H groups in total. The molecule has 1 aliphatic carbocycles. The molecular formula is C19H28N2O3S. The number of hydrogen-bond donors (Lipinski definition) is 1. The zero-order valence-electron chi connectivity index (χ0n) is 15.3. The Morgan fingerprint density at radius 3 is 2.48 bits per heavy atom. The minimum absolute atomic E-state index is 0.0420. The number of carbonyl (C=O) groups excluding carboxylic acids is 1. The van der Waals surface area contributed by atoms with Crippen LogP contribution in [0.25, 0.3) is 0 Å². The summed E-state index contributed by atoms with van der Waals surface area (Å²) in [6, 6.07) is 3.35. The van der Waals surface area contributed by atoms with Gasteiger partial charge in [0.2, 0.25) is 10.0 Å². The molecule has 0 aromatic heterocycles. The molecule has 6 heteroatoms. The topological polar surface area (TPSA) is 66.5 Å². The normalized spacial score (nSPS) is 24.0. The molecule has 1 amide bonds. The number of rotatable bonds is 3. The van der Waals surface area contributed by atoms with Crippen molar-refractivity contribution in [3.05, 3.63) is 28.8 Å². The number of hydrogen-bond acceptors (Lipinski definition) is 3. The third-order valence-corrected chi connectivity index (χ3v) is 7.54. The molecule has 1 heterocycles. The summed E-state index contributed by atoms with van der Waals surface area (Å²) in [5.41, 5.74) is 2.00. The van der Waals surface area contributed by atoms with Crippen molar-refractivity contribution in [2.75, 3.05) is 20.1 Å². The first kappa shape index (κ1) is 18.4. The van der Waals surface area contributed by atoms with Gasteiger partial charge in [-0.1, -0.05) is 19.3 Å². The van der Waals surface area contributed by atoms with Crippen molar-refractivity contribution >= 4 is 15.9 Å². The number of aryl methyl sites for hydroxylation is 1. The van der Waals surface area contributed by atoms with Crippen LogP contribution in [0.2, 0.25) is 0 Å². The fourth-order valence-corrected chi connectivity index (χ4v) is 5.37. The van der Waals surface area contributed by atoms with Crippen molar-refractivity contribution in [3.63, 3.8) is 0 Å². The van der Waals surface area contributed by atoms with E-state index in [0.29, 0.717) is 17.0 Å². The first-order chi connectivity index (χ1) is 11.8. The monoisotopic (exact) mass is 364 g/mol. The van der Waals surface area contributed by atoms with E-state index in [1.807, 2.05) is 17.9 Å². The fraction of sp³-hybridized carbons (Fsp3) is 0.632. The first-order valence-corrected chi connectivity index (χ1v) is 10.7. The van der Waals surface area contributed by atoms with E-state index in [4.69, 9.17) is 0 Å². The zero-order chi connectivity index (χ0) is 18.2. The van der Waals surface area contributed by atoms with E-state index in [0.717, 1.165) is 31.0 Å². The second-order valence-corrected chi connectivity index (χ2v) is 9.32. The lowest BCUT2D eigenvalue weighted by Crippen LogP contribution is -2.44. The molecule has 1 saturated heterocycles. The average Bonchev–Trinajstić information content (AvgIpc) is 2.62. The van der Waals surface area contributed by atoms with Crippen molar-refractivity contribution in [2.24, 2.45) is 11.8 Å². The van der Waals surface area contributed by atoms with Crippen LogP contribution in [0.4, 0.5) is 0 Å². The van der Waals surface area contributed by atoms with Gasteiger partial charge in [0.15, 0.2) is 0 Å². The maximum atomic E-state index is 13.0. The lowest BCUT2D eigenvalue weighted by molar-refractivity contribution is 0.0520. The van der Waals surface area contributed by atoms with E-state index in [9.17, 15) is 13.2 Å². The van der Waals surface area contributed by atoms with Gasteiger partial charge in [-0.05, 0) is 68.8 Å². The van der Waals surface area contributed by atoms with Gasteiger partial charge in [0, 0.05) is 18.7 Å². The maximum absolute atomic E-state index is 13.0. The van der Waals surface area contributed by atoms with E-state index >= 15 is 0 Å². The van der Waals surface area contributed by atoms with Crippen LogP contribution in [-0.4, -0.2) is 39.4 Å². The van der Waals surface area contributed by atoms with Crippen LogP contribution in [0.5, 0.6) is 0 Å². The number of nitrogens with zero attached hydrogens (tertiary/aromatic N) is 1. The number of sulfonamides is 1. The Kier molecular flexibility index (Phi) is 5.21. The summed E-state index contributed by atoms with van der Waals surface area (Å²) in [5, 5.41) is 0. The van der Waals surface area contributed by atoms with Gasteiger partial charge < -0.3 is 4.90 Å². The van der Waals surface area contributed by atoms with E-state index in [1.54, 1.807) is 6.92 Å². The van der Waals surface area contributed by atoms with Crippen LogP contribution in [0.1, 0.15) is 53.6 Å². The Labute approximate surface area is 150 Å². The molecule has 0 spiro atoms. The van der Waals surface area contributed by atoms with Crippen molar-refractivity contribution in [1.29, 1.82) is 0 Å². The van der Waals surface area contributed by atoms with Gasteiger partial charge in [-0.25, -0.2) is 13.1 Å². The minimum Gasteiger partial charge on any atom is -0.338 e. The van der Waals surface area contributed by atoms with Crippen LogP contribution in [0.15, 0.2) is 17.0 Å². The highest BCUT2D eigenvalue weighted by Crippen LogP contribution is 2.36. The van der Waals surface area contributed by atoms with Gasteiger partial charge in [-0.3, -0.25) is 4.79 Å². The maximum Gasteiger partial charge on any atom is 0.253 e. The molecule has 1 aromatic carbocycles. The predicted octanol–water partition coefficient (Wildman–Crippen LogP) is 2.86. The molecule has 2 fully saturated rings. The van der Waals surface area contributed by atoms with Gasteiger partial charge >= 0.3 is 0 Å². The molecule has 25 heavy (non-hydrogen) atoms. The van der Waals surface area contributed by atoms with E-state index in [1.165, 1.54) is 38.8 Å². The van der Waals surface area contributed by atoms with Crippen molar-refractivity contribution in [1.82, 2.24) is 9.62 Å². The highest BCUT2D eigenvalue weighted by Gasteiger charge is 2.33. The van der Waals surface area contributed by atoms with Crippen LogP contribution in [0, 0.1) is 25.7 Å². The summed E-state index contributed by atoms with van der Waals surface area (Å²) in [5.74, 6) is 1.33. The minimum atomic E-state index is -3.58. The molecule has 1 aromatic rings. The first-order valence-electron chi connectivity index (χ1n) is 9.17. The fourth-order valence-electron chi connectivity index (χ4n) is 4.31. The summed E-state index contributed by atoms with van der Waals surface area (Å²) < 4.78 is 26.9. The molecule has 1 saturated carbocycles. The number of nitrogens with one attached hydrogen (secondary N) is 1. The van der Waals surface area contributed by atoms with Gasteiger partial charge in [-0.2, -0.15) is 0 Å². The summed E-state index contributed by atoms with van der Waals surface area (Å²) in [4.78, 5) is 15.1.